The summed E-state index contributed by atoms with van der Waals surface area (Å²) in [4.78, 5) is 11.6. The molecule has 2 unspecified atom stereocenters. The number of ether oxygens (including phenoxy) is 2. The molecule has 0 aliphatic heterocycles. The van der Waals surface area contributed by atoms with Crippen LogP contribution in [0.2, 0.25) is 0 Å². The van der Waals surface area contributed by atoms with Crippen LogP contribution in [0, 0.1) is 11.8 Å². The smallest absolute Gasteiger partial charge is 0.335 e. The molecule has 0 aliphatic carbocycles. The SMILES string of the molecule is C=C(C)C(=O)OC(CC(C)C)OCC(CC)CCCC. The molecule has 0 saturated heterocycles. The predicted octanol–water partition coefficient (Wildman–Crippen LogP) is 4.71. The summed E-state index contributed by atoms with van der Waals surface area (Å²) >= 11 is 0. The molecule has 0 rings (SSSR count). The highest BCUT2D eigenvalue weighted by molar-refractivity contribution is 5.86. The van der Waals surface area contributed by atoms with Crippen molar-refractivity contribution >= 4 is 5.97 Å². The van der Waals surface area contributed by atoms with Crippen molar-refractivity contribution in [1.29, 1.82) is 0 Å². The van der Waals surface area contributed by atoms with Gasteiger partial charge in [0.1, 0.15) is 0 Å². The monoisotopic (exact) mass is 284 g/mol. The number of unbranched alkanes of at least 4 members (excludes halogenated alkanes) is 1. The standard InChI is InChI=1S/C17H32O3/c1-7-9-10-15(8-2)12-19-16(11-13(3)4)20-17(18)14(5)6/h13,15-16H,5,7-12H2,1-4,6H3. The van der Waals surface area contributed by atoms with Gasteiger partial charge in [0, 0.05) is 12.0 Å². The summed E-state index contributed by atoms with van der Waals surface area (Å²) in [7, 11) is 0. The molecule has 118 valence electrons. The van der Waals surface area contributed by atoms with E-state index in [1.54, 1.807) is 6.92 Å². The first kappa shape index (κ1) is 19.2. The van der Waals surface area contributed by atoms with Crippen molar-refractivity contribution in [3.05, 3.63) is 12.2 Å². The van der Waals surface area contributed by atoms with Crippen LogP contribution in [0.25, 0.3) is 0 Å². The summed E-state index contributed by atoms with van der Waals surface area (Å²) in [5.74, 6) is 0.610. The van der Waals surface area contributed by atoms with Crippen molar-refractivity contribution in [3.8, 4) is 0 Å². The van der Waals surface area contributed by atoms with Gasteiger partial charge in [-0.25, -0.2) is 4.79 Å². The third kappa shape index (κ3) is 9.13. The summed E-state index contributed by atoms with van der Waals surface area (Å²) in [6.45, 7) is 14.5. The molecule has 0 amide bonds. The van der Waals surface area contributed by atoms with Crippen LogP contribution >= 0.6 is 0 Å². The molecule has 3 heteroatoms. The van der Waals surface area contributed by atoms with Crippen molar-refractivity contribution in [2.75, 3.05) is 6.61 Å². The van der Waals surface area contributed by atoms with Gasteiger partial charge in [-0.1, -0.05) is 53.5 Å². The number of esters is 1. The van der Waals surface area contributed by atoms with Crippen LogP contribution in [0.1, 0.15) is 66.7 Å². The van der Waals surface area contributed by atoms with E-state index in [-0.39, 0.29) is 5.97 Å². The minimum absolute atomic E-state index is 0.364. The molecule has 0 spiro atoms. The van der Waals surface area contributed by atoms with E-state index in [1.165, 1.54) is 19.3 Å². The summed E-state index contributed by atoms with van der Waals surface area (Å²) in [5, 5.41) is 0. The van der Waals surface area contributed by atoms with E-state index >= 15 is 0 Å². The van der Waals surface area contributed by atoms with E-state index in [0.717, 1.165) is 12.8 Å². The van der Waals surface area contributed by atoms with Crippen molar-refractivity contribution in [2.24, 2.45) is 11.8 Å². The normalized spacial score (nSPS) is 14.1. The van der Waals surface area contributed by atoms with E-state index in [0.29, 0.717) is 24.0 Å². The van der Waals surface area contributed by atoms with E-state index < -0.39 is 6.29 Å². The van der Waals surface area contributed by atoms with Crippen molar-refractivity contribution in [2.45, 2.75) is 73.0 Å². The maximum Gasteiger partial charge on any atom is 0.335 e. The highest BCUT2D eigenvalue weighted by atomic mass is 16.7. The fraction of sp³-hybridized carbons (Fsp3) is 0.824. The molecule has 0 aromatic heterocycles. The first-order valence-corrected chi connectivity index (χ1v) is 7.88. The molecule has 0 aromatic carbocycles. The van der Waals surface area contributed by atoms with Crippen LogP contribution < -0.4 is 0 Å². The largest absolute Gasteiger partial charge is 0.432 e. The molecule has 0 radical (unpaired) electrons. The third-order valence-electron chi connectivity index (χ3n) is 3.31. The fourth-order valence-corrected chi connectivity index (χ4v) is 1.90. The second-order valence-corrected chi connectivity index (χ2v) is 5.99. The lowest BCUT2D eigenvalue weighted by Gasteiger charge is -2.23. The molecular formula is C17H32O3. The Kier molecular flexibility index (Phi) is 10.4. The van der Waals surface area contributed by atoms with Gasteiger partial charge in [-0.2, -0.15) is 0 Å². The average molecular weight is 284 g/mol. The molecule has 0 fully saturated rings. The van der Waals surface area contributed by atoms with Gasteiger partial charge in [-0.05, 0) is 25.2 Å². The van der Waals surface area contributed by atoms with Crippen LogP contribution in [0.15, 0.2) is 12.2 Å². The van der Waals surface area contributed by atoms with E-state index in [1.807, 2.05) is 0 Å². The molecule has 0 heterocycles. The third-order valence-corrected chi connectivity index (χ3v) is 3.31. The van der Waals surface area contributed by atoms with Crippen molar-refractivity contribution in [1.82, 2.24) is 0 Å². The van der Waals surface area contributed by atoms with Crippen molar-refractivity contribution < 1.29 is 14.3 Å². The maximum absolute atomic E-state index is 11.6. The Bertz CT molecular complexity index is 284. The van der Waals surface area contributed by atoms with Gasteiger partial charge in [-0.3, -0.25) is 0 Å². The number of carbonyl (C=O) groups is 1. The topological polar surface area (TPSA) is 35.5 Å². The molecule has 3 nitrogen and oxygen atoms in total. The van der Waals surface area contributed by atoms with Gasteiger partial charge in [0.2, 0.25) is 6.29 Å². The van der Waals surface area contributed by atoms with Crippen LogP contribution in [0.5, 0.6) is 0 Å². The average Bonchev–Trinajstić information content (AvgIpc) is 2.37. The zero-order chi connectivity index (χ0) is 15.5. The van der Waals surface area contributed by atoms with E-state index in [9.17, 15) is 4.79 Å². The number of hydrogen-bond acceptors (Lipinski definition) is 3. The second kappa shape index (κ2) is 10.9. The van der Waals surface area contributed by atoms with Crippen LogP contribution in [0.3, 0.4) is 0 Å². The number of carbonyl (C=O) groups excluding carboxylic acids is 1. The fourth-order valence-electron chi connectivity index (χ4n) is 1.90. The summed E-state index contributed by atoms with van der Waals surface area (Å²) in [6, 6.07) is 0. The molecule has 20 heavy (non-hydrogen) atoms. The maximum atomic E-state index is 11.6. The van der Waals surface area contributed by atoms with Gasteiger partial charge in [0.05, 0.1) is 6.61 Å². The Labute approximate surface area is 124 Å². The molecule has 0 saturated carbocycles. The Hall–Kier alpha value is -0.830. The first-order chi connectivity index (χ1) is 9.40. The second-order valence-electron chi connectivity index (χ2n) is 5.99. The summed E-state index contributed by atoms with van der Waals surface area (Å²) < 4.78 is 11.2. The minimum Gasteiger partial charge on any atom is -0.432 e. The van der Waals surface area contributed by atoms with Crippen molar-refractivity contribution in [3.63, 3.8) is 0 Å². The lowest BCUT2D eigenvalue weighted by Crippen LogP contribution is -2.26. The Morgan fingerprint density at radius 3 is 2.35 bits per heavy atom. The number of hydrogen-bond donors (Lipinski definition) is 0. The quantitative estimate of drug-likeness (QED) is 0.313. The summed E-state index contributed by atoms with van der Waals surface area (Å²) in [5.41, 5.74) is 0.417. The van der Waals surface area contributed by atoms with Gasteiger partial charge in [0.15, 0.2) is 0 Å². The predicted molar refractivity (Wildman–Crippen MR) is 83.4 cm³/mol. The van der Waals surface area contributed by atoms with Gasteiger partial charge in [-0.15, -0.1) is 0 Å². The molecule has 0 N–H and O–H groups in total. The Morgan fingerprint density at radius 2 is 1.90 bits per heavy atom. The van der Waals surface area contributed by atoms with E-state index in [2.05, 4.69) is 34.3 Å². The van der Waals surface area contributed by atoms with Gasteiger partial charge >= 0.3 is 5.97 Å². The lowest BCUT2D eigenvalue weighted by atomic mass is 10.0. The molecule has 0 aromatic rings. The zero-order valence-electron chi connectivity index (χ0n) is 13.9. The molecule has 0 bridgehead atoms. The number of rotatable bonds is 11. The first-order valence-electron chi connectivity index (χ1n) is 7.88. The highest BCUT2D eigenvalue weighted by Crippen LogP contribution is 2.17. The minimum atomic E-state index is -0.449. The highest BCUT2D eigenvalue weighted by Gasteiger charge is 2.18. The van der Waals surface area contributed by atoms with Gasteiger partial charge < -0.3 is 9.47 Å². The molecular weight excluding hydrogens is 252 g/mol. The van der Waals surface area contributed by atoms with Gasteiger partial charge in [0.25, 0.3) is 0 Å². The molecule has 0 aliphatic rings. The van der Waals surface area contributed by atoms with Crippen LogP contribution in [-0.4, -0.2) is 18.9 Å². The van der Waals surface area contributed by atoms with E-state index in [4.69, 9.17) is 9.47 Å². The Balaban J connectivity index is 4.33. The summed E-state index contributed by atoms with van der Waals surface area (Å²) in [6.07, 6.45) is 4.98. The molecule has 2 atom stereocenters. The lowest BCUT2D eigenvalue weighted by molar-refractivity contribution is -0.180. The Morgan fingerprint density at radius 1 is 1.25 bits per heavy atom. The van der Waals surface area contributed by atoms with Crippen LogP contribution in [-0.2, 0) is 14.3 Å². The van der Waals surface area contributed by atoms with Crippen LogP contribution in [0.4, 0.5) is 0 Å². The zero-order valence-corrected chi connectivity index (χ0v) is 13.9.